The lowest BCUT2D eigenvalue weighted by molar-refractivity contribution is -0.141. The van der Waals surface area contributed by atoms with Crippen molar-refractivity contribution in [3.63, 3.8) is 0 Å². The van der Waals surface area contributed by atoms with Crippen LogP contribution in [0.3, 0.4) is 0 Å². The molecule has 2 heterocycles. The maximum absolute atomic E-state index is 12.7. The van der Waals surface area contributed by atoms with Crippen LogP contribution in [0.1, 0.15) is 72.2 Å². The highest BCUT2D eigenvalue weighted by atomic mass is 32.1. The molecule has 0 saturated heterocycles. The summed E-state index contributed by atoms with van der Waals surface area (Å²) in [5.41, 5.74) is -1.33. The zero-order valence-electron chi connectivity index (χ0n) is 18.7. The van der Waals surface area contributed by atoms with Crippen LogP contribution in [0.15, 0.2) is 24.3 Å². The Labute approximate surface area is 198 Å². The van der Waals surface area contributed by atoms with E-state index < -0.39 is 23.4 Å². The number of hydrogen-bond donors (Lipinski definition) is 3. The second-order valence-corrected chi connectivity index (χ2v) is 10.2. The number of alkyl halides is 3. The highest BCUT2D eigenvalue weighted by Gasteiger charge is 2.33. The van der Waals surface area contributed by atoms with Crippen LogP contribution in [-0.4, -0.2) is 37.9 Å². The Hall–Kier alpha value is -2.63. The van der Waals surface area contributed by atoms with Crippen molar-refractivity contribution in [1.29, 1.82) is 0 Å². The van der Waals surface area contributed by atoms with Gasteiger partial charge in [0.25, 0.3) is 5.91 Å². The van der Waals surface area contributed by atoms with Gasteiger partial charge in [0.15, 0.2) is 11.4 Å². The van der Waals surface area contributed by atoms with Gasteiger partial charge in [-0.1, -0.05) is 0 Å². The number of benzene rings is 1. The number of nitrogens with zero attached hydrogens (tertiary/aromatic N) is 3. The summed E-state index contributed by atoms with van der Waals surface area (Å²) < 4.78 is 39.0. The second kappa shape index (κ2) is 9.20. The fourth-order valence-corrected chi connectivity index (χ4v) is 5.32. The molecule has 0 atom stereocenters. The van der Waals surface area contributed by atoms with Crippen molar-refractivity contribution >= 4 is 33.1 Å². The van der Waals surface area contributed by atoms with E-state index in [4.69, 9.17) is 4.98 Å². The van der Waals surface area contributed by atoms with Crippen LogP contribution < -0.4 is 5.32 Å². The van der Waals surface area contributed by atoms with E-state index >= 15 is 0 Å². The number of fused-ring (bicyclic) bond motifs is 1. The van der Waals surface area contributed by atoms with Gasteiger partial charge >= 0.3 is 6.18 Å². The molecule has 182 valence electrons. The average Bonchev–Trinajstić information content (AvgIpc) is 3.20. The summed E-state index contributed by atoms with van der Waals surface area (Å²) in [6.07, 6.45) is -0.871. The zero-order chi connectivity index (χ0) is 24.7. The Balaban J connectivity index is 1.62. The molecule has 0 spiro atoms. The number of carbonyl (C=O) groups excluding carboxylic acids is 1. The van der Waals surface area contributed by atoms with Gasteiger partial charge in [0, 0.05) is 23.8 Å². The summed E-state index contributed by atoms with van der Waals surface area (Å²) >= 11 is 1.51. The first-order valence-corrected chi connectivity index (χ1v) is 11.8. The number of halogens is 3. The molecule has 3 aromatic rings. The summed E-state index contributed by atoms with van der Waals surface area (Å²) in [7, 11) is 0. The third-order valence-electron chi connectivity index (χ3n) is 6.09. The number of thiazole rings is 1. The fourth-order valence-electron chi connectivity index (χ4n) is 4.16. The lowest BCUT2D eigenvalue weighted by atomic mass is 9.83. The number of aromatic nitrogens is 3. The first-order valence-electron chi connectivity index (χ1n) is 11.0. The van der Waals surface area contributed by atoms with Gasteiger partial charge in [0.2, 0.25) is 0 Å². The molecule has 1 saturated carbocycles. The van der Waals surface area contributed by atoms with E-state index in [-0.39, 0.29) is 12.3 Å². The first kappa shape index (κ1) is 24.5. The molecule has 1 aliphatic rings. The van der Waals surface area contributed by atoms with Crippen LogP contribution in [0.5, 0.6) is 0 Å². The number of rotatable bonds is 5. The topological polar surface area (TPSA) is 108 Å². The minimum atomic E-state index is -4.65. The van der Waals surface area contributed by atoms with Gasteiger partial charge in [-0.3, -0.25) is 4.79 Å². The van der Waals surface area contributed by atoms with Gasteiger partial charge < -0.3 is 15.5 Å². The van der Waals surface area contributed by atoms with Crippen molar-refractivity contribution in [2.24, 2.45) is 5.92 Å². The molecule has 0 radical (unpaired) electrons. The molecule has 0 bridgehead atoms. The number of anilines is 1. The van der Waals surface area contributed by atoms with Crippen LogP contribution in [0, 0.1) is 5.92 Å². The quantitative estimate of drug-likeness (QED) is 0.468. The first-order chi connectivity index (χ1) is 16.0. The molecular formula is C23H25F3N4O3S. The summed E-state index contributed by atoms with van der Waals surface area (Å²) in [5.74, 6) is -0.105. The molecule has 3 N–H and O–H groups in total. The Bertz CT molecular complexity index is 1180. The molecular weight excluding hydrogens is 469 g/mol. The standard InChI is InChI=1S/C23H25F3N4O3S/c1-22(2,33)14-9-17-18(34-21(28-17)13-5-3-12(11-31)4-6-13)10-16(14)27-20(32)15-7-8-19(30-29-15)23(24,25)26/h7-10,12-13,31,33H,3-6,11H2,1-2H3,(H,27,32)/t12-,13-. The minimum absolute atomic E-state index is 0.202. The summed E-state index contributed by atoms with van der Waals surface area (Å²) in [4.78, 5) is 17.5. The van der Waals surface area contributed by atoms with E-state index in [1.807, 2.05) is 0 Å². The van der Waals surface area contributed by atoms with Crippen molar-refractivity contribution in [3.8, 4) is 0 Å². The number of aliphatic hydroxyl groups is 2. The van der Waals surface area contributed by atoms with E-state index in [0.717, 1.165) is 41.5 Å². The Morgan fingerprint density at radius 3 is 2.41 bits per heavy atom. The number of aliphatic hydroxyl groups excluding tert-OH is 1. The lowest BCUT2D eigenvalue weighted by Crippen LogP contribution is -2.22. The number of hydrogen-bond acceptors (Lipinski definition) is 7. The Kier molecular flexibility index (Phi) is 6.63. The summed E-state index contributed by atoms with van der Waals surface area (Å²) in [5, 5.41) is 30.2. The molecule has 2 aromatic heterocycles. The highest BCUT2D eigenvalue weighted by molar-refractivity contribution is 7.18. The Morgan fingerprint density at radius 1 is 1.15 bits per heavy atom. The van der Waals surface area contributed by atoms with E-state index in [2.05, 4.69) is 15.5 Å². The summed E-state index contributed by atoms with van der Waals surface area (Å²) in [6.45, 7) is 3.35. The SMILES string of the molecule is CC(C)(O)c1cc2nc([C@H]3CC[C@H](CO)CC3)sc2cc1NC(=O)c1ccc(C(F)(F)F)nn1. The molecule has 1 amide bonds. The number of amides is 1. The molecule has 1 aromatic carbocycles. The van der Waals surface area contributed by atoms with Gasteiger partial charge in [0.05, 0.1) is 20.8 Å². The van der Waals surface area contributed by atoms with Crippen LogP contribution in [0.2, 0.25) is 0 Å². The molecule has 4 rings (SSSR count). The molecule has 7 nitrogen and oxygen atoms in total. The van der Waals surface area contributed by atoms with Gasteiger partial charge in [-0.05, 0) is 69.7 Å². The number of nitrogens with one attached hydrogen (secondary N) is 1. The normalized spacial score (nSPS) is 19.4. The van der Waals surface area contributed by atoms with Crippen molar-refractivity contribution in [1.82, 2.24) is 15.2 Å². The van der Waals surface area contributed by atoms with Crippen LogP contribution in [0.4, 0.5) is 18.9 Å². The van der Waals surface area contributed by atoms with E-state index in [1.54, 1.807) is 26.0 Å². The average molecular weight is 495 g/mol. The molecule has 11 heteroatoms. The Morgan fingerprint density at radius 2 is 1.85 bits per heavy atom. The highest BCUT2D eigenvalue weighted by Crippen LogP contribution is 2.41. The van der Waals surface area contributed by atoms with E-state index in [0.29, 0.717) is 34.7 Å². The maximum atomic E-state index is 12.7. The van der Waals surface area contributed by atoms with E-state index in [9.17, 15) is 28.2 Å². The predicted molar refractivity (Wildman–Crippen MR) is 122 cm³/mol. The van der Waals surface area contributed by atoms with Crippen molar-refractivity contribution in [2.45, 2.75) is 57.2 Å². The van der Waals surface area contributed by atoms with E-state index in [1.165, 1.54) is 11.3 Å². The van der Waals surface area contributed by atoms with Crippen molar-refractivity contribution in [2.75, 3.05) is 11.9 Å². The maximum Gasteiger partial charge on any atom is 0.435 e. The van der Waals surface area contributed by atoms with Crippen molar-refractivity contribution in [3.05, 3.63) is 46.2 Å². The predicted octanol–water partition coefficient (Wildman–Crippen LogP) is 4.85. The third-order valence-corrected chi connectivity index (χ3v) is 7.27. The summed E-state index contributed by atoms with van der Waals surface area (Å²) in [6, 6.07) is 5.10. The fraction of sp³-hybridized carbons (Fsp3) is 0.478. The van der Waals surface area contributed by atoms with Gasteiger partial charge in [-0.15, -0.1) is 21.5 Å². The lowest BCUT2D eigenvalue weighted by Gasteiger charge is -2.25. The molecule has 0 aliphatic heterocycles. The third kappa shape index (κ3) is 5.21. The molecule has 1 aliphatic carbocycles. The minimum Gasteiger partial charge on any atom is -0.396 e. The second-order valence-electron chi connectivity index (χ2n) is 9.13. The number of carbonyl (C=O) groups is 1. The van der Waals surface area contributed by atoms with Gasteiger partial charge in [-0.25, -0.2) is 4.98 Å². The van der Waals surface area contributed by atoms with Crippen LogP contribution in [0.25, 0.3) is 10.2 Å². The van der Waals surface area contributed by atoms with Gasteiger partial charge in [-0.2, -0.15) is 13.2 Å². The van der Waals surface area contributed by atoms with Crippen LogP contribution in [-0.2, 0) is 11.8 Å². The molecule has 34 heavy (non-hydrogen) atoms. The molecule has 1 fully saturated rings. The van der Waals surface area contributed by atoms with Gasteiger partial charge in [0.1, 0.15) is 0 Å². The molecule has 0 unspecified atom stereocenters. The van der Waals surface area contributed by atoms with Crippen LogP contribution >= 0.6 is 11.3 Å². The monoisotopic (exact) mass is 494 g/mol. The smallest absolute Gasteiger partial charge is 0.396 e. The largest absolute Gasteiger partial charge is 0.435 e. The zero-order valence-corrected chi connectivity index (χ0v) is 19.5. The van der Waals surface area contributed by atoms with Crippen molar-refractivity contribution < 1.29 is 28.2 Å².